The molecule has 0 radical (unpaired) electrons. The lowest BCUT2D eigenvalue weighted by molar-refractivity contribution is -0.139. The molecule has 2 rings (SSSR count). The van der Waals surface area contributed by atoms with Crippen LogP contribution in [0.1, 0.15) is 35.7 Å². The molecular formula is C13H14O4. The smallest absolute Gasteiger partial charge is 0.304 e. The molecule has 0 fully saturated rings. The van der Waals surface area contributed by atoms with Gasteiger partial charge in [-0.3, -0.25) is 9.59 Å². The molecule has 2 N–H and O–H groups in total. The fraction of sp³-hybridized carbons (Fsp3) is 0.385. The number of hydrogen-bond acceptors (Lipinski definition) is 3. The summed E-state index contributed by atoms with van der Waals surface area (Å²) in [5, 5.41) is 18.2. The van der Waals surface area contributed by atoms with Crippen molar-refractivity contribution in [1.82, 2.24) is 0 Å². The third-order valence-electron chi connectivity index (χ3n) is 3.37. The van der Waals surface area contributed by atoms with Crippen LogP contribution in [0.4, 0.5) is 0 Å². The Bertz CT molecular complexity index is 492. The van der Waals surface area contributed by atoms with Crippen molar-refractivity contribution in [3.8, 4) is 5.75 Å². The van der Waals surface area contributed by atoms with Gasteiger partial charge in [-0.2, -0.15) is 0 Å². The molecule has 1 aromatic carbocycles. The summed E-state index contributed by atoms with van der Waals surface area (Å²) in [6, 6.07) is 4.61. The van der Waals surface area contributed by atoms with E-state index in [1.807, 2.05) is 0 Å². The summed E-state index contributed by atoms with van der Waals surface area (Å²) in [4.78, 5) is 23.0. The van der Waals surface area contributed by atoms with Crippen LogP contribution in [0.3, 0.4) is 0 Å². The summed E-state index contributed by atoms with van der Waals surface area (Å²) in [6.45, 7) is 1.69. The van der Waals surface area contributed by atoms with Crippen molar-refractivity contribution in [3.63, 3.8) is 0 Å². The molecule has 90 valence electrons. The molecule has 1 aliphatic rings. The third-order valence-corrected chi connectivity index (χ3v) is 3.37. The van der Waals surface area contributed by atoms with Gasteiger partial charge in [-0.1, -0.05) is 6.92 Å². The van der Waals surface area contributed by atoms with E-state index in [-0.39, 0.29) is 18.0 Å². The number of Topliss-reactive ketones (excluding diaryl/α,β-unsaturated/α-hetero) is 1. The molecule has 1 aromatic rings. The number of fused-ring (bicyclic) bond motifs is 1. The lowest BCUT2D eigenvalue weighted by Crippen LogP contribution is -2.35. The van der Waals surface area contributed by atoms with Crippen molar-refractivity contribution >= 4 is 11.8 Å². The minimum Gasteiger partial charge on any atom is -0.508 e. The van der Waals surface area contributed by atoms with Crippen LogP contribution in [0.15, 0.2) is 18.2 Å². The van der Waals surface area contributed by atoms with E-state index in [2.05, 4.69) is 0 Å². The van der Waals surface area contributed by atoms with Crippen LogP contribution in [0.5, 0.6) is 5.75 Å². The van der Waals surface area contributed by atoms with Gasteiger partial charge < -0.3 is 10.2 Å². The minimum absolute atomic E-state index is 0.137. The normalized spacial score (nSPS) is 23.2. The van der Waals surface area contributed by atoms with Gasteiger partial charge in [0.15, 0.2) is 5.78 Å². The number of rotatable bonds is 2. The Morgan fingerprint density at radius 1 is 1.47 bits per heavy atom. The second-order valence-corrected chi connectivity index (χ2v) is 4.80. The van der Waals surface area contributed by atoms with E-state index in [0.717, 1.165) is 5.56 Å². The van der Waals surface area contributed by atoms with Crippen molar-refractivity contribution < 1.29 is 19.8 Å². The first-order chi connectivity index (χ1) is 7.92. The number of carbonyl (C=O) groups excluding carboxylic acids is 1. The minimum atomic E-state index is -0.955. The predicted octanol–water partition coefficient (Wildman–Crippen LogP) is 2.00. The van der Waals surface area contributed by atoms with Crippen LogP contribution < -0.4 is 0 Å². The molecule has 0 spiro atoms. The standard InChI is InChI=1S/C13H14O4/c1-13(7-11(15)16)5-4-8-6-9(14)2-3-10(8)12(13)17/h2-3,6,14H,4-5,7H2,1H3,(H,15,16)/t13-/m0/s1. The fourth-order valence-electron chi connectivity index (χ4n) is 2.36. The van der Waals surface area contributed by atoms with E-state index in [9.17, 15) is 14.7 Å². The molecule has 0 aromatic heterocycles. The van der Waals surface area contributed by atoms with E-state index < -0.39 is 11.4 Å². The van der Waals surface area contributed by atoms with Crippen LogP contribution in [-0.4, -0.2) is 22.0 Å². The van der Waals surface area contributed by atoms with Crippen molar-refractivity contribution in [2.24, 2.45) is 5.41 Å². The Kier molecular flexibility index (Phi) is 2.65. The van der Waals surface area contributed by atoms with Gasteiger partial charge in [-0.05, 0) is 36.6 Å². The quantitative estimate of drug-likeness (QED) is 0.820. The molecule has 4 nitrogen and oxygen atoms in total. The van der Waals surface area contributed by atoms with Gasteiger partial charge in [0.2, 0.25) is 0 Å². The molecule has 0 heterocycles. The summed E-state index contributed by atoms with van der Waals surface area (Å²) in [5.41, 5.74) is 0.520. The number of carbonyl (C=O) groups is 2. The lowest BCUT2D eigenvalue weighted by atomic mass is 9.70. The zero-order valence-corrected chi connectivity index (χ0v) is 9.56. The van der Waals surface area contributed by atoms with Crippen LogP contribution in [0.2, 0.25) is 0 Å². The van der Waals surface area contributed by atoms with E-state index in [4.69, 9.17) is 5.11 Å². The number of carboxylic acid groups (broad SMARTS) is 1. The monoisotopic (exact) mass is 234 g/mol. The Morgan fingerprint density at radius 3 is 2.82 bits per heavy atom. The molecule has 1 aliphatic carbocycles. The van der Waals surface area contributed by atoms with Gasteiger partial charge in [0, 0.05) is 11.0 Å². The molecule has 0 bridgehead atoms. The number of hydrogen-bond donors (Lipinski definition) is 2. The fourth-order valence-corrected chi connectivity index (χ4v) is 2.36. The maximum atomic E-state index is 12.2. The first-order valence-corrected chi connectivity index (χ1v) is 5.51. The highest BCUT2D eigenvalue weighted by Crippen LogP contribution is 2.38. The van der Waals surface area contributed by atoms with Gasteiger partial charge in [0.25, 0.3) is 0 Å². The lowest BCUT2D eigenvalue weighted by Gasteiger charge is -2.31. The molecule has 1 atom stereocenters. The molecular weight excluding hydrogens is 220 g/mol. The molecule has 0 saturated carbocycles. The number of phenolic OH excluding ortho intramolecular Hbond substituents is 1. The number of carboxylic acids is 1. The third kappa shape index (κ3) is 2.02. The van der Waals surface area contributed by atoms with Crippen molar-refractivity contribution in [2.45, 2.75) is 26.2 Å². The first-order valence-electron chi connectivity index (χ1n) is 5.51. The van der Waals surface area contributed by atoms with Gasteiger partial charge >= 0.3 is 5.97 Å². The summed E-state index contributed by atoms with van der Waals surface area (Å²) in [7, 11) is 0. The molecule has 4 heteroatoms. The summed E-state index contributed by atoms with van der Waals surface area (Å²) in [5.74, 6) is -0.956. The number of benzene rings is 1. The van der Waals surface area contributed by atoms with Crippen LogP contribution >= 0.6 is 0 Å². The van der Waals surface area contributed by atoms with Crippen LogP contribution in [-0.2, 0) is 11.2 Å². The first kappa shape index (κ1) is 11.6. The highest BCUT2D eigenvalue weighted by atomic mass is 16.4. The number of aryl methyl sites for hydroxylation is 1. The van der Waals surface area contributed by atoms with E-state index in [1.165, 1.54) is 6.07 Å². The van der Waals surface area contributed by atoms with E-state index >= 15 is 0 Å². The number of aliphatic carboxylic acids is 1. The average molecular weight is 234 g/mol. The predicted molar refractivity (Wildman–Crippen MR) is 61.1 cm³/mol. The number of ketones is 1. The topological polar surface area (TPSA) is 74.6 Å². The molecule has 0 amide bonds. The SMILES string of the molecule is C[C@@]1(CC(=O)O)CCc2cc(O)ccc2C1=O. The van der Waals surface area contributed by atoms with E-state index in [0.29, 0.717) is 18.4 Å². The van der Waals surface area contributed by atoms with Gasteiger partial charge in [0.1, 0.15) is 5.75 Å². The zero-order chi connectivity index (χ0) is 12.6. The largest absolute Gasteiger partial charge is 0.508 e. The highest BCUT2D eigenvalue weighted by Gasteiger charge is 2.40. The van der Waals surface area contributed by atoms with Crippen LogP contribution in [0, 0.1) is 5.41 Å². The molecule has 17 heavy (non-hydrogen) atoms. The second kappa shape index (κ2) is 3.87. The Labute approximate surface area is 98.9 Å². The summed E-state index contributed by atoms with van der Waals surface area (Å²) >= 11 is 0. The maximum Gasteiger partial charge on any atom is 0.304 e. The second-order valence-electron chi connectivity index (χ2n) is 4.80. The van der Waals surface area contributed by atoms with Gasteiger partial charge in [0.05, 0.1) is 6.42 Å². The van der Waals surface area contributed by atoms with Gasteiger partial charge in [-0.25, -0.2) is 0 Å². The van der Waals surface area contributed by atoms with Crippen molar-refractivity contribution in [3.05, 3.63) is 29.3 Å². The summed E-state index contributed by atoms with van der Waals surface area (Å²) in [6.07, 6.45) is 0.986. The number of phenols is 1. The zero-order valence-electron chi connectivity index (χ0n) is 9.56. The Hall–Kier alpha value is -1.84. The Balaban J connectivity index is 2.39. The summed E-state index contributed by atoms with van der Waals surface area (Å²) < 4.78 is 0. The molecule has 0 unspecified atom stereocenters. The highest BCUT2D eigenvalue weighted by molar-refractivity contribution is 6.04. The number of aromatic hydroxyl groups is 1. The molecule has 0 saturated heterocycles. The van der Waals surface area contributed by atoms with Crippen LogP contribution in [0.25, 0.3) is 0 Å². The average Bonchev–Trinajstić information content (AvgIpc) is 2.23. The maximum absolute atomic E-state index is 12.2. The van der Waals surface area contributed by atoms with Crippen molar-refractivity contribution in [1.29, 1.82) is 0 Å². The Morgan fingerprint density at radius 2 is 2.18 bits per heavy atom. The van der Waals surface area contributed by atoms with E-state index in [1.54, 1.807) is 19.1 Å². The van der Waals surface area contributed by atoms with Crippen molar-refractivity contribution in [2.75, 3.05) is 0 Å². The molecule has 0 aliphatic heterocycles. The van der Waals surface area contributed by atoms with Gasteiger partial charge in [-0.15, -0.1) is 0 Å².